The highest BCUT2D eigenvalue weighted by Crippen LogP contribution is 2.31. The van der Waals surface area contributed by atoms with Gasteiger partial charge in [0.05, 0.1) is 17.3 Å². The number of nitrogens with zero attached hydrogens (tertiary/aromatic N) is 3. The van der Waals surface area contributed by atoms with Crippen molar-refractivity contribution in [1.29, 1.82) is 0 Å². The minimum atomic E-state index is 0.0879. The number of halogens is 2. The van der Waals surface area contributed by atoms with Crippen molar-refractivity contribution in [2.75, 3.05) is 0 Å². The van der Waals surface area contributed by atoms with Gasteiger partial charge in [-0.05, 0) is 36.6 Å². The zero-order valence-corrected chi connectivity index (χ0v) is 19.4. The number of carbonyl (C=O) groups is 1. The monoisotopic (exact) mass is 474 g/mol. The molecule has 3 aromatic rings. The van der Waals surface area contributed by atoms with Gasteiger partial charge in [0.25, 0.3) is 0 Å². The summed E-state index contributed by atoms with van der Waals surface area (Å²) in [6.07, 6.45) is 5.36. The second-order valence-corrected chi connectivity index (χ2v) is 9.44. The zero-order chi connectivity index (χ0) is 21.6. The van der Waals surface area contributed by atoms with Crippen LogP contribution in [0.1, 0.15) is 43.5 Å². The van der Waals surface area contributed by atoms with Crippen molar-refractivity contribution in [2.45, 2.75) is 49.6 Å². The Morgan fingerprint density at radius 1 is 1.06 bits per heavy atom. The Morgan fingerprint density at radius 3 is 2.61 bits per heavy atom. The summed E-state index contributed by atoms with van der Waals surface area (Å²) < 4.78 is 1.89. The highest BCUT2D eigenvalue weighted by atomic mass is 35.5. The van der Waals surface area contributed by atoms with Crippen molar-refractivity contribution in [3.05, 3.63) is 70.0 Å². The second kappa shape index (κ2) is 10.5. The molecule has 2 aromatic carbocycles. The molecule has 1 fully saturated rings. The van der Waals surface area contributed by atoms with E-state index in [0.717, 1.165) is 31.4 Å². The predicted molar refractivity (Wildman–Crippen MR) is 126 cm³/mol. The van der Waals surface area contributed by atoms with E-state index < -0.39 is 0 Å². The molecule has 0 spiro atoms. The van der Waals surface area contributed by atoms with Gasteiger partial charge in [-0.15, -0.1) is 10.2 Å². The molecule has 1 saturated carbocycles. The predicted octanol–water partition coefficient (Wildman–Crippen LogP) is 6.06. The second-order valence-electron chi connectivity index (χ2n) is 7.66. The van der Waals surface area contributed by atoms with Gasteiger partial charge in [-0.2, -0.15) is 0 Å². The molecule has 1 amide bonds. The van der Waals surface area contributed by atoms with Crippen LogP contribution < -0.4 is 5.32 Å². The van der Waals surface area contributed by atoms with E-state index in [1.165, 1.54) is 12.0 Å². The maximum absolute atomic E-state index is 12.6. The molecular weight excluding hydrogens is 451 g/mol. The minimum Gasteiger partial charge on any atom is -0.349 e. The van der Waals surface area contributed by atoms with E-state index in [1.807, 2.05) is 22.8 Å². The van der Waals surface area contributed by atoms with Crippen LogP contribution in [0.2, 0.25) is 10.0 Å². The Kier molecular flexibility index (Phi) is 7.54. The zero-order valence-electron chi connectivity index (χ0n) is 17.1. The van der Waals surface area contributed by atoms with Crippen LogP contribution in [-0.2, 0) is 17.1 Å². The average molecular weight is 475 g/mol. The van der Waals surface area contributed by atoms with Gasteiger partial charge in [0.1, 0.15) is 0 Å². The summed E-state index contributed by atoms with van der Waals surface area (Å²) in [6, 6.07) is 15.5. The minimum absolute atomic E-state index is 0.0879. The molecule has 1 aliphatic carbocycles. The van der Waals surface area contributed by atoms with Crippen LogP contribution in [0.25, 0.3) is 5.69 Å². The summed E-state index contributed by atoms with van der Waals surface area (Å²) in [5.41, 5.74) is 1.89. The van der Waals surface area contributed by atoms with Crippen LogP contribution in [0.5, 0.6) is 0 Å². The van der Waals surface area contributed by atoms with Crippen LogP contribution >= 0.6 is 35.0 Å². The van der Waals surface area contributed by atoms with Crippen molar-refractivity contribution in [2.24, 2.45) is 5.92 Å². The lowest BCUT2D eigenvalue weighted by Crippen LogP contribution is -2.32. The quantitative estimate of drug-likeness (QED) is 0.422. The lowest BCUT2D eigenvalue weighted by Gasteiger charge is -2.20. The fourth-order valence-electron chi connectivity index (χ4n) is 3.80. The molecule has 1 N–H and O–H groups in total. The van der Waals surface area contributed by atoms with Gasteiger partial charge in [-0.3, -0.25) is 9.36 Å². The highest BCUT2D eigenvalue weighted by molar-refractivity contribution is 7.98. The molecule has 0 bridgehead atoms. The van der Waals surface area contributed by atoms with Crippen LogP contribution in [0.4, 0.5) is 0 Å². The van der Waals surface area contributed by atoms with E-state index >= 15 is 0 Å². The summed E-state index contributed by atoms with van der Waals surface area (Å²) in [6.45, 7) is 0.289. The molecule has 0 unspecified atom stereocenters. The fourth-order valence-corrected chi connectivity index (χ4v) is 5.09. The van der Waals surface area contributed by atoms with E-state index in [4.69, 9.17) is 23.2 Å². The number of amides is 1. The molecule has 162 valence electrons. The van der Waals surface area contributed by atoms with Crippen LogP contribution in [0.3, 0.4) is 0 Å². The van der Waals surface area contributed by atoms with Gasteiger partial charge in [0, 0.05) is 16.7 Å². The van der Waals surface area contributed by atoms with Crippen molar-refractivity contribution >= 4 is 40.9 Å². The van der Waals surface area contributed by atoms with Crippen LogP contribution in [-0.4, -0.2) is 20.7 Å². The molecule has 31 heavy (non-hydrogen) atoms. The average Bonchev–Trinajstić information content (AvgIpc) is 3.21. The first kappa shape index (κ1) is 22.2. The van der Waals surface area contributed by atoms with E-state index in [9.17, 15) is 4.79 Å². The van der Waals surface area contributed by atoms with Crippen LogP contribution in [0.15, 0.2) is 53.7 Å². The molecule has 1 heterocycles. The molecule has 1 aromatic heterocycles. The maximum Gasteiger partial charge on any atom is 0.223 e. The van der Waals surface area contributed by atoms with E-state index in [1.54, 1.807) is 30.0 Å². The molecular formula is C23H24Cl2N4OS. The Bertz CT molecular complexity index is 1040. The van der Waals surface area contributed by atoms with Gasteiger partial charge in [-0.1, -0.05) is 84.6 Å². The fraction of sp³-hybridized carbons (Fsp3) is 0.348. The molecule has 8 heteroatoms. The van der Waals surface area contributed by atoms with Gasteiger partial charge in [-0.25, -0.2) is 0 Å². The Hall–Kier alpha value is -2.02. The first-order valence-corrected chi connectivity index (χ1v) is 12.2. The van der Waals surface area contributed by atoms with E-state index in [0.29, 0.717) is 26.7 Å². The molecule has 0 saturated heterocycles. The molecule has 1 aliphatic rings. The maximum atomic E-state index is 12.6. The van der Waals surface area contributed by atoms with Crippen molar-refractivity contribution in [1.82, 2.24) is 20.1 Å². The summed E-state index contributed by atoms with van der Waals surface area (Å²) in [5.74, 6) is 1.55. The van der Waals surface area contributed by atoms with Gasteiger partial charge >= 0.3 is 0 Å². The summed E-state index contributed by atoms with van der Waals surface area (Å²) in [7, 11) is 0. The first-order valence-electron chi connectivity index (χ1n) is 10.5. The molecule has 0 aliphatic heterocycles. The van der Waals surface area contributed by atoms with Crippen molar-refractivity contribution in [3.8, 4) is 5.69 Å². The third-order valence-electron chi connectivity index (χ3n) is 5.46. The third kappa shape index (κ3) is 5.62. The first-order chi connectivity index (χ1) is 15.1. The topological polar surface area (TPSA) is 59.8 Å². The van der Waals surface area contributed by atoms with E-state index in [-0.39, 0.29) is 18.4 Å². The highest BCUT2D eigenvalue weighted by Gasteiger charge is 2.23. The van der Waals surface area contributed by atoms with E-state index in [2.05, 4.69) is 27.6 Å². The Labute approximate surface area is 196 Å². The SMILES string of the molecule is O=C(NCc1nnc(SCc2ccccc2)n1-c1cc(Cl)ccc1Cl)C1CCCCC1. The largest absolute Gasteiger partial charge is 0.349 e. The summed E-state index contributed by atoms with van der Waals surface area (Å²) >= 11 is 14.3. The number of thioether (sulfide) groups is 1. The number of carbonyl (C=O) groups excluding carboxylic acids is 1. The smallest absolute Gasteiger partial charge is 0.223 e. The van der Waals surface area contributed by atoms with Crippen molar-refractivity contribution in [3.63, 3.8) is 0 Å². The Morgan fingerprint density at radius 2 is 1.84 bits per heavy atom. The molecule has 4 rings (SSSR count). The van der Waals surface area contributed by atoms with Gasteiger partial charge in [0.2, 0.25) is 5.91 Å². The normalized spacial score (nSPS) is 14.5. The lowest BCUT2D eigenvalue weighted by atomic mass is 9.89. The standard InChI is InChI=1S/C23H24Cl2N4OS/c24-18-11-12-19(25)20(13-18)29-21(14-26-22(30)17-9-5-2-6-10-17)27-28-23(29)31-15-16-7-3-1-4-8-16/h1,3-4,7-8,11-13,17H,2,5-6,9-10,14-15H2,(H,26,30). The summed E-state index contributed by atoms with van der Waals surface area (Å²) in [4.78, 5) is 12.6. The number of hydrogen-bond donors (Lipinski definition) is 1. The molecule has 0 radical (unpaired) electrons. The molecule has 5 nitrogen and oxygen atoms in total. The van der Waals surface area contributed by atoms with Gasteiger partial charge < -0.3 is 5.32 Å². The third-order valence-corrected chi connectivity index (χ3v) is 7.01. The van der Waals surface area contributed by atoms with Gasteiger partial charge in [0.15, 0.2) is 11.0 Å². The number of benzene rings is 2. The number of rotatable bonds is 7. The summed E-state index contributed by atoms with van der Waals surface area (Å²) in [5, 5.41) is 13.6. The van der Waals surface area contributed by atoms with Crippen molar-refractivity contribution < 1.29 is 4.79 Å². The number of nitrogens with one attached hydrogen (secondary N) is 1. The number of aromatic nitrogens is 3. The lowest BCUT2D eigenvalue weighted by molar-refractivity contribution is -0.126. The molecule has 0 atom stereocenters. The number of hydrogen-bond acceptors (Lipinski definition) is 4. The van der Waals surface area contributed by atoms with Crippen LogP contribution in [0, 0.1) is 5.92 Å². The Balaban J connectivity index is 1.57.